The standard InChI is InChI=1S/C18H32N4OS.HI/c1-4-23-12-9-20-18(19-3)21-14-16(17-6-5-13-24-17)22-10-7-15(2)8-11-22;/h5-6,13,15-16H,4,7-12,14H2,1-3H3,(H2,19,20,21);1H. The summed E-state index contributed by atoms with van der Waals surface area (Å²) >= 11 is 1.85. The van der Waals surface area contributed by atoms with E-state index in [0.29, 0.717) is 12.6 Å². The molecule has 2 N–H and O–H groups in total. The number of ether oxygens (including phenoxy) is 1. The van der Waals surface area contributed by atoms with E-state index in [2.05, 4.69) is 45.0 Å². The molecule has 144 valence electrons. The van der Waals surface area contributed by atoms with Gasteiger partial charge < -0.3 is 15.4 Å². The minimum Gasteiger partial charge on any atom is -0.380 e. The number of hydrogen-bond acceptors (Lipinski definition) is 4. The average molecular weight is 480 g/mol. The van der Waals surface area contributed by atoms with Crippen LogP contribution in [-0.2, 0) is 4.74 Å². The number of hydrogen-bond donors (Lipinski definition) is 2. The summed E-state index contributed by atoms with van der Waals surface area (Å²) in [6.45, 7) is 9.85. The third-order valence-electron chi connectivity index (χ3n) is 4.56. The molecule has 0 aliphatic carbocycles. The first-order valence-electron chi connectivity index (χ1n) is 9.04. The predicted octanol–water partition coefficient (Wildman–Crippen LogP) is 3.34. The van der Waals surface area contributed by atoms with E-state index in [1.807, 2.05) is 25.3 Å². The smallest absolute Gasteiger partial charge is 0.191 e. The Morgan fingerprint density at radius 2 is 2.16 bits per heavy atom. The van der Waals surface area contributed by atoms with Gasteiger partial charge in [-0.3, -0.25) is 9.89 Å². The van der Waals surface area contributed by atoms with E-state index in [-0.39, 0.29) is 24.0 Å². The second-order valence-corrected chi connectivity index (χ2v) is 7.31. The molecule has 0 aromatic carbocycles. The second kappa shape index (κ2) is 12.9. The van der Waals surface area contributed by atoms with Crippen LogP contribution in [0.5, 0.6) is 0 Å². The highest BCUT2D eigenvalue weighted by Gasteiger charge is 2.25. The number of piperidine rings is 1. The lowest BCUT2D eigenvalue weighted by Gasteiger charge is -2.36. The lowest BCUT2D eigenvalue weighted by Crippen LogP contribution is -2.45. The van der Waals surface area contributed by atoms with Crippen molar-refractivity contribution < 1.29 is 4.74 Å². The van der Waals surface area contributed by atoms with Crippen molar-refractivity contribution in [3.63, 3.8) is 0 Å². The van der Waals surface area contributed by atoms with E-state index in [4.69, 9.17) is 4.74 Å². The summed E-state index contributed by atoms with van der Waals surface area (Å²) in [6, 6.07) is 4.82. The molecule has 1 aliphatic rings. The van der Waals surface area contributed by atoms with Crippen molar-refractivity contribution in [2.24, 2.45) is 10.9 Å². The van der Waals surface area contributed by atoms with E-state index in [0.717, 1.165) is 31.6 Å². The summed E-state index contributed by atoms with van der Waals surface area (Å²) in [5, 5.41) is 8.98. The Labute approximate surface area is 173 Å². The van der Waals surface area contributed by atoms with Crippen LogP contribution in [0.1, 0.15) is 37.6 Å². The Hall–Kier alpha value is -0.380. The van der Waals surface area contributed by atoms with Crippen LogP contribution in [0.3, 0.4) is 0 Å². The van der Waals surface area contributed by atoms with Gasteiger partial charge in [-0.15, -0.1) is 35.3 Å². The number of nitrogens with one attached hydrogen (secondary N) is 2. The summed E-state index contributed by atoms with van der Waals surface area (Å²) < 4.78 is 5.37. The molecule has 0 saturated carbocycles. The van der Waals surface area contributed by atoms with Crippen LogP contribution in [0, 0.1) is 5.92 Å². The number of guanidine groups is 1. The molecule has 7 heteroatoms. The molecular weight excluding hydrogens is 447 g/mol. The topological polar surface area (TPSA) is 48.9 Å². The van der Waals surface area contributed by atoms with E-state index < -0.39 is 0 Å². The minimum absolute atomic E-state index is 0. The molecule has 1 aromatic rings. The van der Waals surface area contributed by atoms with Gasteiger partial charge in [0.1, 0.15) is 0 Å². The van der Waals surface area contributed by atoms with Crippen molar-refractivity contribution in [1.29, 1.82) is 0 Å². The number of rotatable bonds is 8. The quantitative estimate of drug-likeness (QED) is 0.260. The molecule has 1 unspecified atom stereocenters. The lowest BCUT2D eigenvalue weighted by atomic mass is 9.97. The first-order chi connectivity index (χ1) is 11.7. The zero-order chi connectivity index (χ0) is 17.2. The Kier molecular flexibility index (Phi) is 11.7. The highest BCUT2D eigenvalue weighted by atomic mass is 127. The van der Waals surface area contributed by atoms with Crippen LogP contribution in [0.2, 0.25) is 0 Å². The molecule has 1 saturated heterocycles. The summed E-state index contributed by atoms with van der Waals surface area (Å²) in [5.41, 5.74) is 0. The normalized spacial score (nSPS) is 17.8. The van der Waals surface area contributed by atoms with E-state index >= 15 is 0 Å². The van der Waals surface area contributed by atoms with Crippen molar-refractivity contribution in [1.82, 2.24) is 15.5 Å². The molecule has 0 spiro atoms. The van der Waals surface area contributed by atoms with Crippen molar-refractivity contribution in [3.05, 3.63) is 22.4 Å². The van der Waals surface area contributed by atoms with Gasteiger partial charge in [0.2, 0.25) is 0 Å². The Bertz CT molecular complexity index is 475. The van der Waals surface area contributed by atoms with Crippen molar-refractivity contribution in [3.8, 4) is 0 Å². The fourth-order valence-electron chi connectivity index (χ4n) is 3.03. The van der Waals surface area contributed by atoms with E-state index in [9.17, 15) is 0 Å². The van der Waals surface area contributed by atoms with Crippen LogP contribution in [0.15, 0.2) is 22.5 Å². The van der Waals surface area contributed by atoms with Gasteiger partial charge in [0, 0.05) is 31.6 Å². The zero-order valence-corrected chi connectivity index (χ0v) is 18.8. The number of likely N-dealkylation sites (tertiary alicyclic amines) is 1. The highest BCUT2D eigenvalue weighted by Crippen LogP contribution is 2.28. The summed E-state index contributed by atoms with van der Waals surface area (Å²) in [7, 11) is 1.82. The van der Waals surface area contributed by atoms with Crippen LogP contribution < -0.4 is 10.6 Å². The summed E-state index contributed by atoms with van der Waals surface area (Å²) in [5.74, 6) is 1.70. The molecule has 25 heavy (non-hydrogen) atoms. The molecule has 0 amide bonds. The van der Waals surface area contributed by atoms with Gasteiger partial charge >= 0.3 is 0 Å². The third-order valence-corrected chi connectivity index (χ3v) is 5.53. The molecule has 1 atom stereocenters. The second-order valence-electron chi connectivity index (χ2n) is 6.33. The molecule has 5 nitrogen and oxygen atoms in total. The van der Waals surface area contributed by atoms with Crippen LogP contribution in [0.25, 0.3) is 0 Å². The monoisotopic (exact) mass is 480 g/mol. The summed E-state index contributed by atoms with van der Waals surface area (Å²) in [6.07, 6.45) is 2.59. The number of thiophene rings is 1. The van der Waals surface area contributed by atoms with Crippen molar-refractivity contribution in [2.75, 3.05) is 46.4 Å². The van der Waals surface area contributed by atoms with Gasteiger partial charge in [-0.25, -0.2) is 0 Å². The van der Waals surface area contributed by atoms with Gasteiger partial charge in [-0.1, -0.05) is 13.0 Å². The lowest BCUT2D eigenvalue weighted by molar-refractivity contribution is 0.140. The van der Waals surface area contributed by atoms with Gasteiger partial charge in [0.15, 0.2) is 5.96 Å². The molecule has 2 heterocycles. The Morgan fingerprint density at radius 3 is 2.76 bits per heavy atom. The minimum atomic E-state index is 0. The van der Waals surface area contributed by atoms with Crippen molar-refractivity contribution >= 4 is 41.3 Å². The fourth-order valence-corrected chi connectivity index (χ4v) is 3.89. The molecule has 2 rings (SSSR count). The van der Waals surface area contributed by atoms with Gasteiger partial charge in [-0.2, -0.15) is 0 Å². The molecule has 1 aliphatic heterocycles. The maximum atomic E-state index is 5.37. The van der Waals surface area contributed by atoms with Gasteiger partial charge in [0.25, 0.3) is 0 Å². The summed E-state index contributed by atoms with van der Waals surface area (Å²) in [4.78, 5) is 8.37. The van der Waals surface area contributed by atoms with E-state index in [1.54, 1.807) is 0 Å². The number of aliphatic imine (C=N–C) groups is 1. The maximum absolute atomic E-state index is 5.37. The molecule has 1 fully saturated rings. The number of halogens is 1. The highest BCUT2D eigenvalue weighted by molar-refractivity contribution is 14.0. The maximum Gasteiger partial charge on any atom is 0.191 e. The van der Waals surface area contributed by atoms with Crippen molar-refractivity contribution in [2.45, 2.75) is 32.7 Å². The van der Waals surface area contributed by atoms with Crippen LogP contribution in [-0.4, -0.2) is 57.3 Å². The third kappa shape index (κ3) is 7.80. The van der Waals surface area contributed by atoms with Gasteiger partial charge in [-0.05, 0) is 50.2 Å². The molecule has 1 aromatic heterocycles. The first kappa shape index (κ1) is 22.7. The Balaban J connectivity index is 0.00000312. The molecular formula is C18H33IN4OS. The van der Waals surface area contributed by atoms with E-state index in [1.165, 1.54) is 30.8 Å². The SMILES string of the molecule is CCOCCNC(=NC)NCC(c1cccs1)N1CCC(C)CC1.I. The largest absolute Gasteiger partial charge is 0.380 e. The Morgan fingerprint density at radius 1 is 1.40 bits per heavy atom. The zero-order valence-electron chi connectivity index (χ0n) is 15.7. The first-order valence-corrected chi connectivity index (χ1v) is 9.92. The predicted molar refractivity (Wildman–Crippen MR) is 118 cm³/mol. The van der Waals surface area contributed by atoms with Crippen LogP contribution >= 0.6 is 35.3 Å². The van der Waals surface area contributed by atoms with Gasteiger partial charge in [0.05, 0.1) is 12.6 Å². The number of nitrogens with zero attached hydrogens (tertiary/aromatic N) is 2. The molecule has 0 radical (unpaired) electrons. The fraction of sp³-hybridized carbons (Fsp3) is 0.722. The average Bonchev–Trinajstić information content (AvgIpc) is 3.13. The van der Waals surface area contributed by atoms with Crippen LogP contribution in [0.4, 0.5) is 0 Å². The molecule has 0 bridgehead atoms.